The summed E-state index contributed by atoms with van der Waals surface area (Å²) < 4.78 is 0. The molecule has 0 aromatic rings. The molecule has 0 aliphatic carbocycles. The molecule has 86 valence electrons. The number of allylic oxidation sites excluding steroid dienone is 2. The van der Waals surface area contributed by atoms with Crippen molar-refractivity contribution in [2.75, 3.05) is 6.54 Å². The van der Waals surface area contributed by atoms with Gasteiger partial charge in [-0.3, -0.25) is 9.59 Å². The Labute approximate surface area is 90.2 Å². The van der Waals surface area contributed by atoms with Gasteiger partial charge in [-0.25, -0.2) is 0 Å². The second-order valence-electron chi connectivity index (χ2n) is 3.48. The lowest BCUT2D eigenvalue weighted by molar-refractivity contribution is -0.143. The summed E-state index contributed by atoms with van der Waals surface area (Å²) in [6.45, 7) is 1.97. The molecule has 0 amide bonds. The number of carboxylic acid groups (broad SMARTS) is 1. The zero-order valence-electron chi connectivity index (χ0n) is 9.11. The van der Waals surface area contributed by atoms with Crippen LogP contribution in [0.25, 0.3) is 0 Å². The van der Waals surface area contributed by atoms with Crippen LogP contribution in [0.15, 0.2) is 12.2 Å². The van der Waals surface area contributed by atoms with Gasteiger partial charge in [-0.15, -0.1) is 0 Å². The van der Waals surface area contributed by atoms with Gasteiger partial charge in [-0.2, -0.15) is 0 Å². The van der Waals surface area contributed by atoms with Crippen LogP contribution in [0.1, 0.15) is 32.6 Å². The van der Waals surface area contributed by atoms with Crippen molar-refractivity contribution < 1.29 is 14.7 Å². The number of unbranched alkanes of at least 4 members (excludes halogenated alkanes) is 1. The van der Waals surface area contributed by atoms with Crippen LogP contribution in [0, 0.1) is 5.92 Å². The van der Waals surface area contributed by atoms with Gasteiger partial charge in [-0.1, -0.05) is 25.5 Å². The van der Waals surface area contributed by atoms with Crippen molar-refractivity contribution in [3.63, 3.8) is 0 Å². The predicted molar refractivity (Wildman–Crippen MR) is 58.5 cm³/mol. The molecule has 15 heavy (non-hydrogen) atoms. The third kappa shape index (κ3) is 6.85. The highest BCUT2D eigenvalue weighted by atomic mass is 16.4. The standard InChI is InChI=1S/C11H19NO3/c1-2-3-4-5-6-9(11(14)15)7-10(13)8-12/h4-5,9H,2-3,6-8,12H2,1H3,(H,14,15)/b5-4+. The third-order valence-electron chi connectivity index (χ3n) is 2.09. The van der Waals surface area contributed by atoms with E-state index in [0.717, 1.165) is 12.8 Å². The molecule has 0 bridgehead atoms. The Kier molecular flexibility index (Phi) is 7.54. The van der Waals surface area contributed by atoms with Crippen molar-refractivity contribution in [1.29, 1.82) is 0 Å². The molecule has 0 aromatic heterocycles. The topological polar surface area (TPSA) is 80.4 Å². The molecule has 0 rings (SSSR count). The predicted octanol–water partition coefficient (Wildman–Crippen LogP) is 1.35. The number of rotatable bonds is 8. The van der Waals surface area contributed by atoms with Crippen LogP contribution >= 0.6 is 0 Å². The van der Waals surface area contributed by atoms with Gasteiger partial charge in [0.2, 0.25) is 0 Å². The molecule has 0 aliphatic heterocycles. The molecule has 1 unspecified atom stereocenters. The summed E-state index contributed by atoms with van der Waals surface area (Å²) in [5.41, 5.74) is 5.14. The van der Waals surface area contributed by atoms with Crippen LogP contribution in [0.4, 0.5) is 0 Å². The van der Waals surface area contributed by atoms with E-state index in [-0.39, 0.29) is 18.7 Å². The molecule has 0 heterocycles. The average Bonchev–Trinajstić information content (AvgIpc) is 2.21. The summed E-state index contributed by atoms with van der Waals surface area (Å²) in [7, 11) is 0. The van der Waals surface area contributed by atoms with Crippen molar-refractivity contribution in [3.8, 4) is 0 Å². The number of carbonyl (C=O) groups excluding carboxylic acids is 1. The van der Waals surface area contributed by atoms with Gasteiger partial charge < -0.3 is 10.8 Å². The van der Waals surface area contributed by atoms with Crippen LogP contribution < -0.4 is 5.73 Å². The van der Waals surface area contributed by atoms with Gasteiger partial charge in [0.05, 0.1) is 12.5 Å². The van der Waals surface area contributed by atoms with Crippen molar-refractivity contribution >= 4 is 11.8 Å². The largest absolute Gasteiger partial charge is 0.481 e. The molecule has 0 spiro atoms. The fourth-order valence-corrected chi connectivity index (χ4v) is 1.17. The Bertz CT molecular complexity index is 236. The van der Waals surface area contributed by atoms with E-state index in [1.807, 2.05) is 12.2 Å². The molecular formula is C11H19NO3. The molecular weight excluding hydrogens is 194 g/mol. The lowest BCUT2D eigenvalue weighted by Crippen LogP contribution is -2.22. The number of nitrogens with two attached hydrogens (primary N) is 1. The first kappa shape index (κ1) is 13.8. The zero-order valence-corrected chi connectivity index (χ0v) is 9.11. The van der Waals surface area contributed by atoms with Gasteiger partial charge in [0.25, 0.3) is 0 Å². The van der Waals surface area contributed by atoms with Crippen LogP contribution in [-0.2, 0) is 9.59 Å². The van der Waals surface area contributed by atoms with E-state index in [1.54, 1.807) is 0 Å². The lowest BCUT2D eigenvalue weighted by atomic mass is 9.98. The minimum Gasteiger partial charge on any atom is -0.481 e. The maximum Gasteiger partial charge on any atom is 0.307 e. The van der Waals surface area contributed by atoms with Gasteiger partial charge in [0, 0.05) is 6.42 Å². The molecule has 1 atom stereocenters. The molecule has 4 heteroatoms. The number of carboxylic acids is 1. The smallest absolute Gasteiger partial charge is 0.307 e. The van der Waals surface area contributed by atoms with Gasteiger partial charge in [0.1, 0.15) is 5.78 Å². The first-order valence-electron chi connectivity index (χ1n) is 5.21. The van der Waals surface area contributed by atoms with E-state index >= 15 is 0 Å². The first-order valence-corrected chi connectivity index (χ1v) is 5.21. The zero-order chi connectivity index (χ0) is 11.7. The highest BCUT2D eigenvalue weighted by molar-refractivity contribution is 5.85. The molecule has 0 saturated carbocycles. The molecule has 0 radical (unpaired) electrons. The highest BCUT2D eigenvalue weighted by Crippen LogP contribution is 2.10. The van der Waals surface area contributed by atoms with Gasteiger partial charge in [-0.05, 0) is 12.8 Å². The molecule has 0 saturated heterocycles. The summed E-state index contributed by atoms with van der Waals surface area (Å²) in [5.74, 6) is -1.77. The van der Waals surface area contributed by atoms with E-state index < -0.39 is 11.9 Å². The molecule has 3 N–H and O–H groups in total. The third-order valence-corrected chi connectivity index (χ3v) is 2.09. The van der Waals surface area contributed by atoms with Crippen LogP contribution in [0.2, 0.25) is 0 Å². The summed E-state index contributed by atoms with van der Waals surface area (Å²) in [4.78, 5) is 21.8. The SMILES string of the molecule is CCC/C=C/CC(CC(=O)CN)C(=O)O. The summed E-state index contributed by atoms with van der Waals surface area (Å²) in [5, 5.41) is 8.85. The van der Waals surface area contributed by atoms with E-state index in [1.165, 1.54) is 0 Å². The normalized spacial score (nSPS) is 12.9. The summed E-state index contributed by atoms with van der Waals surface area (Å²) in [6, 6.07) is 0. The Balaban J connectivity index is 4.05. The molecule has 0 aromatic carbocycles. The van der Waals surface area contributed by atoms with Crippen LogP contribution in [0.3, 0.4) is 0 Å². The van der Waals surface area contributed by atoms with Crippen molar-refractivity contribution in [1.82, 2.24) is 0 Å². The van der Waals surface area contributed by atoms with Crippen LogP contribution in [0.5, 0.6) is 0 Å². The minimum absolute atomic E-state index is 0.0301. The van der Waals surface area contributed by atoms with Crippen molar-refractivity contribution in [3.05, 3.63) is 12.2 Å². The first-order chi connectivity index (χ1) is 7.11. The summed E-state index contributed by atoms with van der Waals surface area (Å²) >= 11 is 0. The van der Waals surface area contributed by atoms with E-state index in [9.17, 15) is 9.59 Å². The molecule has 4 nitrogen and oxygen atoms in total. The Morgan fingerprint density at radius 2 is 2.07 bits per heavy atom. The second-order valence-corrected chi connectivity index (χ2v) is 3.48. The number of hydrogen-bond donors (Lipinski definition) is 2. The van der Waals surface area contributed by atoms with Gasteiger partial charge >= 0.3 is 5.97 Å². The number of ketones is 1. The maximum atomic E-state index is 11.0. The maximum absolute atomic E-state index is 11.0. The lowest BCUT2D eigenvalue weighted by Gasteiger charge is -2.07. The van der Waals surface area contributed by atoms with Crippen molar-refractivity contribution in [2.24, 2.45) is 11.7 Å². The van der Waals surface area contributed by atoms with Crippen molar-refractivity contribution in [2.45, 2.75) is 32.6 Å². The fraction of sp³-hybridized carbons (Fsp3) is 0.636. The quantitative estimate of drug-likeness (QED) is 0.596. The molecule has 0 fully saturated rings. The Morgan fingerprint density at radius 1 is 1.40 bits per heavy atom. The van der Waals surface area contributed by atoms with E-state index in [0.29, 0.717) is 6.42 Å². The van der Waals surface area contributed by atoms with Gasteiger partial charge in [0.15, 0.2) is 0 Å². The Hall–Kier alpha value is -1.16. The number of Topliss-reactive ketones (excluding diaryl/α,β-unsaturated/α-hetero) is 1. The minimum atomic E-state index is -0.932. The van der Waals surface area contributed by atoms with E-state index in [2.05, 4.69) is 6.92 Å². The van der Waals surface area contributed by atoms with E-state index in [4.69, 9.17) is 10.8 Å². The van der Waals surface area contributed by atoms with Crippen LogP contribution in [-0.4, -0.2) is 23.4 Å². The highest BCUT2D eigenvalue weighted by Gasteiger charge is 2.18. The second kappa shape index (κ2) is 8.17. The number of aliphatic carboxylic acids is 1. The fourth-order valence-electron chi connectivity index (χ4n) is 1.17. The Morgan fingerprint density at radius 3 is 2.53 bits per heavy atom. The monoisotopic (exact) mass is 213 g/mol. The summed E-state index contributed by atoms with van der Waals surface area (Å²) in [6.07, 6.45) is 6.19. The number of hydrogen-bond acceptors (Lipinski definition) is 3. The molecule has 0 aliphatic rings. The number of carbonyl (C=O) groups is 2. The average molecular weight is 213 g/mol.